The summed E-state index contributed by atoms with van der Waals surface area (Å²) in [7, 11) is 0. The molecule has 1 N–H and O–H groups in total. The Balaban J connectivity index is 1.61. The standard InChI is InChI=1S/C22H23NO/c1-17(19-9-5-3-6-10-19)18(2)23-20-13-15-22(16-14-20)24-21-11-7-4-8-12-21/h3-18,23H,1-2H3. The first-order chi connectivity index (χ1) is 11.7. The van der Waals surface area contributed by atoms with E-state index in [2.05, 4.69) is 61.6 Å². The minimum atomic E-state index is 0.341. The van der Waals surface area contributed by atoms with E-state index >= 15 is 0 Å². The van der Waals surface area contributed by atoms with Crippen LogP contribution in [-0.2, 0) is 0 Å². The number of rotatable bonds is 6. The van der Waals surface area contributed by atoms with E-state index in [0.717, 1.165) is 17.2 Å². The molecule has 0 spiro atoms. The highest BCUT2D eigenvalue weighted by Crippen LogP contribution is 2.25. The number of hydrogen-bond donors (Lipinski definition) is 1. The van der Waals surface area contributed by atoms with Crippen molar-refractivity contribution in [3.8, 4) is 11.5 Å². The van der Waals surface area contributed by atoms with Crippen molar-refractivity contribution in [3.63, 3.8) is 0 Å². The summed E-state index contributed by atoms with van der Waals surface area (Å²) in [5.74, 6) is 2.13. The average Bonchev–Trinajstić information content (AvgIpc) is 2.64. The van der Waals surface area contributed by atoms with Crippen molar-refractivity contribution in [2.75, 3.05) is 5.32 Å². The molecule has 2 unspecified atom stereocenters. The van der Waals surface area contributed by atoms with Crippen molar-refractivity contribution >= 4 is 5.69 Å². The smallest absolute Gasteiger partial charge is 0.127 e. The Hall–Kier alpha value is -2.74. The van der Waals surface area contributed by atoms with E-state index in [4.69, 9.17) is 4.74 Å². The molecule has 2 nitrogen and oxygen atoms in total. The maximum Gasteiger partial charge on any atom is 0.127 e. The Bertz CT molecular complexity index is 738. The summed E-state index contributed by atoms with van der Waals surface area (Å²) in [6.45, 7) is 4.46. The van der Waals surface area contributed by atoms with Gasteiger partial charge >= 0.3 is 0 Å². The van der Waals surface area contributed by atoms with Gasteiger partial charge in [0.1, 0.15) is 11.5 Å². The number of benzene rings is 3. The maximum atomic E-state index is 5.83. The second-order valence-electron chi connectivity index (χ2n) is 6.07. The predicted octanol–water partition coefficient (Wildman–Crippen LogP) is 6.08. The molecule has 0 saturated heterocycles. The average molecular weight is 317 g/mol. The molecule has 3 rings (SSSR count). The molecule has 0 aliphatic heterocycles. The third-order valence-electron chi connectivity index (χ3n) is 4.30. The van der Waals surface area contributed by atoms with Crippen LogP contribution in [0.5, 0.6) is 11.5 Å². The zero-order valence-corrected chi connectivity index (χ0v) is 14.1. The zero-order chi connectivity index (χ0) is 16.8. The van der Waals surface area contributed by atoms with Gasteiger partial charge < -0.3 is 10.1 Å². The summed E-state index contributed by atoms with van der Waals surface area (Å²) < 4.78 is 5.83. The Labute approximate surface area is 144 Å². The van der Waals surface area contributed by atoms with Crippen LogP contribution in [0.4, 0.5) is 5.69 Å². The van der Waals surface area contributed by atoms with E-state index in [0.29, 0.717) is 12.0 Å². The number of anilines is 1. The fraction of sp³-hybridized carbons (Fsp3) is 0.182. The van der Waals surface area contributed by atoms with Crippen molar-refractivity contribution < 1.29 is 4.74 Å². The molecule has 0 aromatic heterocycles. The number of ether oxygens (including phenoxy) is 1. The summed E-state index contributed by atoms with van der Waals surface area (Å²) in [5.41, 5.74) is 2.45. The van der Waals surface area contributed by atoms with Crippen LogP contribution in [0.3, 0.4) is 0 Å². The maximum absolute atomic E-state index is 5.83. The zero-order valence-electron chi connectivity index (χ0n) is 14.1. The van der Waals surface area contributed by atoms with Gasteiger partial charge in [0.2, 0.25) is 0 Å². The van der Waals surface area contributed by atoms with Crippen molar-refractivity contribution in [2.45, 2.75) is 25.8 Å². The van der Waals surface area contributed by atoms with Crippen molar-refractivity contribution in [1.29, 1.82) is 0 Å². The van der Waals surface area contributed by atoms with E-state index in [1.165, 1.54) is 5.56 Å². The molecule has 0 bridgehead atoms. The van der Waals surface area contributed by atoms with Crippen LogP contribution >= 0.6 is 0 Å². The lowest BCUT2D eigenvalue weighted by Crippen LogP contribution is -2.22. The summed E-state index contributed by atoms with van der Waals surface area (Å²) in [6.07, 6.45) is 0. The molecule has 122 valence electrons. The van der Waals surface area contributed by atoms with Gasteiger partial charge in [-0.05, 0) is 48.9 Å². The van der Waals surface area contributed by atoms with Crippen LogP contribution in [-0.4, -0.2) is 6.04 Å². The summed E-state index contributed by atoms with van der Waals surface area (Å²) in [4.78, 5) is 0. The van der Waals surface area contributed by atoms with Gasteiger partial charge in [-0.2, -0.15) is 0 Å². The molecular weight excluding hydrogens is 294 g/mol. The Morgan fingerprint density at radius 3 is 1.83 bits per heavy atom. The molecule has 24 heavy (non-hydrogen) atoms. The predicted molar refractivity (Wildman–Crippen MR) is 101 cm³/mol. The normalized spacial score (nSPS) is 13.1. The van der Waals surface area contributed by atoms with Crippen molar-refractivity contribution in [2.24, 2.45) is 0 Å². The van der Waals surface area contributed by atoms with Gasteiger partial charge in [0, 0.05) is 17.6 Å². The van der Waals surface area contributed by atoms with Gasteiger partial charge in [0.15, 0.2) is 0 Å². The van der Waals surface area contributed by atoms with Crippen LogP contribution in [0.25, 0.3) is 0 Å². The first-order valence-electron chi connectivity index (χ1n) is 8.37. The van der Waals surface area contributed by atoms with E-state index in [-0.39, 0.29) is 0 Å². The minimum Gasteiger partial charge on any atom is -0.457 e. The molecule has 0 fully saturated rings. The monoisotopic (exact) mass is 317 g/mol. The molecular formula is C22H23NO. The van der Waals surface area contributed by atoms with Gasteiger partial charge in [0.05, 0.1) is 0 Å². The molecule has 2 atom stereocenters. The van der Waals surface area contributed by atoms with Crippen molar-refractivity contribution in [1.82, 2.24) is 0 Å². The van der Waals surface area contributed by atoms with Gasteiger partial charge in [-0.25, -0.2) is 0 Å². The molecule has 0 aliphatic rings. The summed E-state index contributed by atoms with van der Waals surface area (Å²) >= 11 is 0. The van der Waals surface area contributed by atoms with Crippen LogP contribution in [0.1, 0.15) is 25.3 Å². The van der Waals surface area contributed by atoms with Gasteiger partial charge in [-0.3, -0.25) is 0 Å². The highest BCUT2D eigenvalue weighted by Gasteiger charge is 2.13. The van der Waals surface area contributed by atoms with E-state index < -0.39 is 0 Å². The number of nitrogens with one attached hydrogen (secondary N) is 1. The van der Waals surface area contributed by atoms with Crippen LogP contribution in [0.15, 0.2) is 84.9 Å². The van der Waals surface area contributed by atoms with Gasteiger partial charge in [0.25, 0.3) is 0 Å². The molecule has 3 aromatic carbocycles. The Kier molecular flexibility index (Phi) is 5.17. The quantitative estimate of drug-likeness (QED) is 0.594. The lowest BCUT2D eigenvalue weighted by Gasteiger charge is -2.23. The van der Waals surface area contributed by atoms with E-state index in [1.54, 1.807) is 0 Å². The SMILES string of the molecule is CC(Nc1ccc(Oc2ccccc2)cc1)C(C)c1ccccc1. The first kappa shape index (κ1) is 16.1. The van der Waals surface area contributed by atoms with E-state index in [9.17, 15) is 0 Å². The molecule has 0 radical (unpaired) electrons. The Morgan fingerprint density at radius 2 is 1.21 bits per heavy atom. The molecule has 2 heteroatoms. The fourth-order valence-corrected chi connectivity index (χ4v) is 2.68. The lowest BCUT2D eigenvalue weighted by atomic mass is 9.94. The second kappa shape index (κ2) is 7.69. The number of para-hydroxylation sites is 1. The fourth-order valence-electron chi connectivity index (χ4n) is 2.68. The molecule has 3 aromatic rings. The third kappa shape index (κ3) is 4.17. The Morgan fingerprint density at radius 1 is 0.667 bits per heavy atom. The summed E-state index contributed by atoms with van der Waals surface area (Å²) in [6, 6.07) is 28.9. The van der Waals surface area contributed by atoms with E-state index in [1.807, 2.05) is 42.5 Å². The number of hydrogen-bond acceptors (Lipinski definition) is 2. The van der Waals surface area contributed by atoms with Gasteiger partial charge in [-0.1, -0.05) is 55.5 Å². The van der Waals surface area contributed by atoms with Crippen LogP contribution in [0.2, 0.25) is 0 Å². The lowest BCUT2D eigenvalue weighted by molar-refractivity contribution is 0.482. The minimum absolute atomic E-state index is 0.341. The highest BCUT2D eigenvalue weighted by atomic mass is 16.5. The summed E-state index contributed by atoms with van der Waals surface area (Å²) in [5, 5.41) is 3.58. The largest absolute Gasteiger partial charge is 0.457 e. The van der Waals surface area contributed by atoms with Crippen molar-refractivity contribution in [3.05, 3.63) is 90.5 Å². The highest BCUT2D eigenvalue weighted by molar-refractivity contribution is 5.48. The van der Waals surface area contributed by atoms with Gasteiger partial charge in [-0.15, -0.1) is 0 Å². The topological polar surface area (TPSA) is 21.3 Å². The molecule has 0 saturated carbocycles. The molecule has 0 heterocycles. The third-order valence-corrected chi connectivity index (χ3v) is 4.30. The van der Waals surface area contributed by atoms with Crippen LogP contribution in [0, 0.1) is 0 Å². The first-order valence-corrected chi connectivity index (χ1v) is 8.37. The molecule has 0 amide bonds. The van der Waals surface area contributed by atoms with Crippen LogP contribution < -0.4 is 10.1 Å². The molecule has 0 aliphatic carbocycles. The second-order valence-corrected chi connectivity index (χ2v) is 6.07.